The Kier molecular flexibility index (Phi) is 6.87. The van der Waals surface area contributed by atoms with E-state index in [1.807, 2.05) is 56.3 Å². The molecule has 0 aliphatic rings. The molecular weight excluding hydrogens is 312 g/mol. The summed E-state index contributed by atoms with van der Waals surface area (Å²) in [5, 5.41) is 5.81. The van der Waals surface area contributed by atoms with E-state index in [-0.39, 0.29) is 6.03 Å². The van der Waals surface area contributed by atoms with Crippen molar-refractivity contribution in [2.24, 2.45) is 0 Å². The maximum absolute atomic E-state index is 12.1. The normalized spacial score (nSPS) is 10.6. The molecule has 2 amide bonds. The SMILES string of the molecule is Cc1cccc(C)c1OCCCNC(=O)Nc1ccccc1C(C)C. The fourth-order valence-electron chi connectivity index (χ4n) is 2.76. The predicted molar refractivity (Wildman–Crippen MR) is 104 cm³/mol. The van der Waals surface area contributed by atoms with Crippen molar-refractivity contribution in [1.29, 1.82) is 0 Å². The number of carbonyl (C=O) groups excluding carboxylic acids is 1. The molecule has 2 N–H and O–H groups in total. The molecule has 134 valence electrons. The van der Waals surface area contributed by atoms with Gasteiger partial charge in [-0.15, -0.1) is 0 Å². The minimum Gasteiger partial charge on any atom is -0.493 e. The van der Waals surface area contributed by atoms with Crippen LogP contribution in [-0.2, 0) is 0 Å². The van der Waals surface area contributed by atoms with Gasteiger partial charge in [-0.2, -0.15) is 0 Å². The van der Waals surface area contributed by atoms with Crippen molar-refractivity contribution in [3.8, 4) is 5.75 Å². The zero-order valence-electron chi connectivity index (χ0n) is 15.6. The first-order valence-electron chi connectivity index (χ1n) is 8.82. The standard InChI is InChI=1S/C21H28N2O2/c1-15(2)18-11-5-6-12-19(18)23-21(24)22-13-8-14-25-20-16(3)9-7-10-17(20)4/h5-7,9-12,15H,8,13-14H2,1-4H3,(H2,22,23,24). The average molecular weight is 340 g/mol. The molecule has 2 aromatic rings. The van der Waals surface area contributed by atoms with Gasteiger partial charge in [0.05, 0.1) is 6.61 Å². The van der Waals surface area contributed by atoms with E-state index in [0.29, 0.717) is 19.1 Å². The molecule has 2 rings (SSSR count). The Bertz CT molecular complexity index is 691. The molecular formula is C21H28N2O2. The number of hydrogen-bond acceptors (Lipinski definition) is 2. The van der Waals surface area contributed by atoms with Gasteiger partial charge in [0.25, 0.3) is 0 Å². The van der Waals surface area contributed by atoms with Gasteiger partial charge >= 0.3 is 6.03 Å². The summed E-state index contributed by atoms with van der Waals surface area (Å²) in [6.45, 7) is 9.46. The van der Waals surface area contributed by atoms with Crippen LogP contribution < -0.4 is 15.4 Å². The molecule has 0 aliphatic heterocycles. The number of carbonyl (C=O) groups is 1. The molecule has 0 heterocycles. The zero-order chi connectivity index (χ0) is 18.2. The first kappa shape index (κ1) is 18.8. The van der Waals surface area contributed by atoms with Crippen LogP contribution in [0.3, 0.4) is 0 Å². The molecule has 0 fully saturated rings. The van der Waals surface area contributed by atoms with Crippen molar-refractivity contribution in [2.75, 3.05) is 18.5 Å². The third-order valence-electron chi connectivity index (χ3n) is 4.09. The Hall–Kier alpha value is -2.49. The number of rotatable bonds is 7. The van der Waals surface area contributed by atoms with Crippen LogP contribution in [0.1, 0.15) is 42.9 Å². The number of ether oxygens (including phenoxy) is 1. The number of benzene rings is 2. The fourth-order valence-corrected chi connectivity index (χ4v) is 2.76. The highest BCUT2D eigenvalue weighted by molar-refractivity contribution is 5.90. The van der Waals surface area contributed by atoms with Crippen LogP contribution in [0, 0.1) is 13.8 Å². The zero-order valence-corrected chi connectivity index (χ0v) is 15.6. The van der Waals surface area contributed by atoms with Crippen LogP contribution in [0.5, 0.6) is 5.75 Å². The van der Waals surface area contributed by atoms with Gasteiger partial charge in [0.2, 0.25) is 0 Å². The van der Waals surface area contributed by atoms with Crippen molar-refractivity contribution in [3.05, 3.63) is 59.2 Å². The van der Waals surface area contributed by atoms with Crippen LogP contribution in [0.2, 0.25) is 0 Å². The summed E-state index contributed by atoms with van der Waals surface area (Å²) >= 11 is 0. The molecule has 4 heteroatoms. The van der Waals surface area contributed by atoms with E-state index in [1.54, 1.807) is 0 Å². The minimum atomic E-state index is -0.180. The molecule has 4 nitrogen and oxygen atoms in total. The van der Waals surface area contributed by atoms with E-state index in [1.165, 1.54) is 0 Å². The molecule has 2 aromatic carbocycles. The molecule has 0 saturated carbocycles. The van der Waals surface area contributed by atoms with E-state index >= 15 is 0 Å². The van der Waals surface area contributed by atoms with Crippen LogP contribution in [0.15, 0.2) is 42.5 Å². The van der Waals surface area contributed by atoms with Crippen molar-refractivity contribution in [3.63, 3.8) is 0 Å². The highest BCUT2D eigenvalue weighted by Crippen LogP contribution is 2.23. The Morgan fingerprint density at radius 2 is 1.72 bits per heavy atom. The maximum atomic E-state index is 12.1. The third kappa shape index (κ3) is 5.52. The van der Waals surface area contributed by atoms with Gasteiger partial charge in [-0.25, -0.2) is 4.79 Å². The second-order valence-electron chi connectivity index (χ2n) is 6.55. The second-order valence-corrected chi connectivity index (χ2v) is 6.55. The smallest absolute Gasteiger partial charge is 0.319 e. The predicted octanol–water partition coefficient (Wildman–Crippen LogP) is 5.02. The molecule has 0 saturated heterocycles. The molecule has 0 spiro atoms. The number of nitrogens with one attached hydrogen (secondary N) is 2. The fraction of sp³-hybridized carbons (Fsp3) is 0.381. The molecule has 0 atom stereocenters. The third-order valence-corrected chi connectivity index (χ3v) is 4.09. The molecule has 0 aromatic heterocycles. The van der Waals surface area contributed by atoms with E-state index in [9.17, 15) is 4.79 Å². The van der Waals surface area contributed by atoms with Gasteiger partial charge in [0, 0.05) is 12.2 Å². The van der Waals surface area contributed by atoms with Gasteiger partial charge < -0.3 is 15.4 Å². The van der Waals surface area contributed by atoms with Crippen LogP contribution in [0.25, 0.3) is 0 Å². The number of amides is 2. The summed E-state index contributed by atoms with van der Waals surface area (Å²) < 4.78 is 5.85. The van der Waals surface area contributed by atoms with Gasteiger partial charge in [-0.1, -0.05) is 50.2 Å². The average Bonchev–Trinajstić information content (AvgIpc) is 2.57. The van der Waals surface area contributed by atoms with E-state index < -0.39 is 0 Å². The quantitative estimate of drug-likeness (QED) is 0.696. The Morgan fingerprint density at radius 1 is 1.04 bits per heavy atom. The maximum Gasteiger partial charge on any atom is 0.319 e. The van der Waals surface area contributed by atoms with Crippen molar-refractivity contribution < 1.29 is 9.53 Å². The molecule has 0 radical (unpaired) electrons. The highest BCUT2D eigenvalue weighted by Gasteiger charge is 2.08. The molecule has 25 heavy (non-hydrogen) atoms. The molecule has 0 unspecified atom stereocenters. The Labute approximate surface area is 150 Å². The van der Waals surface area contributed by atoms with Crippen LogP contribution >= 0.6 is 0 Å². The van der Waals surface area contributed by atoms with Crippen LogP contribution in [0.4, 0.5) is 10.5 Å². The lowest BCUT2D eigenvalue weighted by Crippen LogP contribution is -2.30. The van der Waals surface area contributed by atoms with E-state index in [4.69, 9.17) is 4.74 Å². The number of urea groups is 1. The summed E-state index contributed by atoms with van der Waals surface area (Å²) in [6.07, 6.45) is 0.757. The first-order valence-corrected chi connectivity index (χ1v) is 8.82. The summed E-state index contributed by atoms with van der Waals surface area (Å²) in [4.78, 5) is 12.1. The van der Waals surface area contributed by atoms with E-state index in [2.05, 4.69) is 24.5 Å². The first-order chi connectivity index (χ1) is 12.0. The lowest BCUT2D eigenvalue weighted by atomic mass is 10.0. The lowest BCUT2D eigenvalue weighted by molar-refractivity contribution is 0.250. The number of hydrogen-bond donors (Lipinski definition) is 2. The van der Waals surface area contributed by atoms with Gasteiger partial charge in [0.1, 0.15) is 5.75 Å². The highest BCUT2D eigenvalue weighted by atomic mass is 16.5. The monoisotopic (exact) mass is 340 g/mol. The topological polar surface area (TPSA) is 50.4 Å². The lowest BCUT2D eigenvalue weighted by Gasteiger charge is -2.14. The van der Waals surface area contributed by atoms with Gasteiger partial charge in [0.15, 0.2) is 0 Å². The number of para-hydroxylation sites is 2. The summed E-state index contributed by atoms with van der Waals surface area (Å²) in [7, 11) is 0. The van der Waals surface area contributed by atoms with Crippen molar-refractivity contribution in [1.82, 2.24) is 5.32 Å². The largest absolute Gasteiger partial charge is 0.493 e. The summed E-state index contributed by atoms with van der Waals surface area (Å²) in [6, 6.07) is 13.8. The van der Waals surface area contributed by atoms with Crippen molar-refractivity contribution >= 4 is 11.7 Å². The number of aryl methyl sites for hydroxylation is 2. The molecule has 0 aliphatic carbocycles. The number of anilines is 1. The van der Waals surface area contributed by atoms with Crippen LogP contribution in [-0.4, -0.2) is 19.2 Å². The Morgan fingerprint density at radius 3 is 2.40 bits per heavy atom. The van der Waals surface area contributed by atoms with E-state index in [0.717, 1.165) is 34.5 Å². The van der Waals surface area contributed by atoms with Gasteiger partial charge in [-0.05, 0) is 48.9 Å². The second kappa shape index (κ2) is 9.11. The summed E-state index contributed by atoms with van der Waals surface area (Å²) in [5.41, 5.74) is 4.27. The Balaban J connectivity index is 1.74. The summed E-state index contributed by atoms with van der Waals surface area (Å²) in [5.74, 6) is 1.31. The molecule has 0 bridgehead atoms. The van der Waals surface area contributed by atoms with Gasteiger partial charge in [-0.3, -0.25) is 0 Å². The minimum absolute atomic E-state index is 0.180. The van der Waals surface area contributed by atoms with Crippen molar-refractivity contribution in [2.45, 2.75) is 40.0 Å².